The van der Waals surface area contributed by atoms with Gasteiger partial charge in [-0.2, -0.15) is 0 Å². The Morgan fingerprint density at radius 3 is 2.68 bits per heavy atom. The van der Waals surface area contributed by atoms with Gasteiger partial charge in [-0.05, 0) is 37.1 Å². The number of hydrogen-bond acceptors (Lipinski definition) is 4. The molecule has 0 aliphatic rings. The Bertz CT molecular complexity index is 485. The predicted molar refractivity (Wildman–Crippen MR) is 78.5 cm³/mol. The van der Waals surface area contributed by atoms with Crippen molar-refractivity contribution in [2.45, 2.75) is 25.8 Å². The standard InChI is InChI=1S/C14H23NO3S/c1-4-15-13(8-9-19(3,16)17)10-12-6-5-7-14(11-12)18-2/h5-7,11,13,15H,4,8-10H2,1-3H3. The van der Waals surface area contributed by atoms with Crippen LogP contribution < -0.4 is 10.1 Å². The molecule has 0 radical (unpaired) electrons. The van der Waals surface area contributed by atoms with Crippen LogP contribution in [0.4, 0.5) is 0 Å². The Balaban J connectivity index is 2.66. The van der Waals surface area contributed by atoms with E-state index in [0.717, 1.165) is 24.3 Å². The average Bonchev–Trinajstić information content (AvgIpc) is 2.35. The van der Waals surface area contributed by atoms with Crippen LogP contribution in [0.25, 0.3) is 0 Å². The maximum atomic E-state index is 11.2. The zero-order valence-corrected chi connectivity index (χ0v) is 12.7. The van der Waals surface area contributed by atoms with Gasteiger partial charge in [0.05, 0.1) is 12.9 Å². The van der Waals surface area contributed by atoms with E-state index in [1.807, 2.05) is 31.2 Å². The van der Waals surface area contributed by atoms with Gasteiger partial charge in [0, 0.05) is 12.3 Å². The average molecular weight is 285 g/mol. The van der Waals surface area contributed by atoms with E-state index >= 15 is 0 Å². The van der Waals surface area contributed by atoms with E-state index in [-0.39, 0.29) is 11.8 Å². The molecule has 0 saturated heterocycles. The molecule has 0 bridgehead atoms. The van der Waals surface area contributed by atoms with Crippen molar-refractivity contribution >= 4 is 9.84 Å². The number of nitrogens with one attached hydrogen (secondary N) is 1. The van der Waals surface area contributed by atoms with Gasteiger partial charge in [0.1, 0.15) is 15.6 Å². The Kier molecular flexibility index (Phi) is 6.31. The summed E-state index contributed by atoms with van der Waals surface area (Å²) >= 11 is 0. The van der Waals surface area contributed by atoms with Crippen LogP contribution in [0.1, 0.15) is 18.9 Å². The number of hydrogen-bond donors (Lipinski definition) is 1. The first-order valence-electron chi connectivity index (χ1n) is 6.48. The van der Waals surface area contributed by atoms with Crippen LogP contribution in [0.15, 0.2) is 24.3 Å². The van der Waals surface area contributed by atoms with Crippen LogP contribution in [-0.2, 0) is 16.3 Å². The maximum Gasteiger partial charge on any atom is 0.147 e. The summed E-state index contributed by atoms with van der Waals surface area (Å²) in [5.74, 6) is 1.05. The van der Waals surface area contributed by atoms with Gasteiger partial charge in [0.15, 0.2) is 0 Å². The fourth-order valence-electron chi connectivity index (χ4n) is 2.01. The van der Waals surface area contributed by atoms with Crippen LogP contribution in [0.3, 0.4) is 0 Å². The summed E-state index contributed by atoms with van der Waals surface area (Å²) < 4.78 is 27.7. The molecular weight excluding hydrogens is 262 g/mol. The normalized spacial score (nSPS) is 13.2. The molecule has 19 heavy (non-hydrogen) atoms. The van der Waals surface area contributed by atoms with Crippen LogP contribution in [0.2, 0.25) is 0 Å². The first kappa shape index (κ1) is 16.0. The van der Waals surface area contributed by atoms with Gasteiger partial charge >= 0.3 is 0 Å². The molecule has 108 valence electrons. The molecule has 0 amide bonds. The quantitative estimate of drug-likeness (QED) is 0.789. The molecule has 0 heterocycles. The summed E-state index contributed by atoms with van der Waals surface area (Å²) in [4.78, 5) is 0. The van der Waals surface area contributed by atoms with Gasteiger partial charge in [-0.25, -0.2) is 8.42 Å². The van der Waals surface area contributed by atoms with Gasteiger partial charge in [-0.3, -0.25) is 0 Å². The summed E-state index contributed by atoms with van der Waals surface area (Å²) in [5.41, 5.74) is 1.15. The number of ether oxygens (including phenoxy) is 1. The van der Waals surface area contributed by atoms with Crippen molar-refractivity contribution < 1.29 is 13.2 Å². The molecule has 1 aromatic rings. The second-order valence-corrected chi connectivity index (χ2v) is 6.99. The number of methoxy groups -OCH3 is 1. The third-order valence-electron chi connectivity index (χ3n) is 2.95. The van der Waals surface area contributed by atoms with Gasteiger partial charge < -0.3 is 10.1 Å². The topological polar surface area (TPSA) is 55.4 Å². The number of benzene rings is 1. The molecular formula is C14H23NO3S. The van der Waals surface area contributed by atoms with Crippen molar-refractivity contribution in [3.63, 3.8) is 0 Å². The molecule has 1 unspecified atom stereocenters. The van der Waals surface area contributed by atoms with Gasteiger partial charge in [0.2, 0.25) is 0 Å². The lowest BCUT2D eigenvalue weighted by Crippen LogP contribution is -2.32. The monoisotopic (exact) mass is 285 g/mol. The highest BCUT2D eigenvalue weighted by molar-refractivity contribution is 7.90. The summed E-state index contributed by atoms with van der Waals surface area (Å²) in [7, 11) is -1.26. The fourth-order valence-corrected chi connectivity index (χ4v) is 2.72. The lowest BCUT2D eigenvalue weighted by molar-refractivity contribution is 0.413. The largest absolute Gasteiger partial charge is 0.497 e. The van der Waals surface area contributed by atoms with E-state index in [1.54, 1.807) is 7.11 Å². The molecule has 5 heteroatoms. The summed E-state index contributed by atoms with van der Waals surface area (Å²) in [6.45, 7) is 2.86. The van der Waals surface area contributed by atoms with Crippen LogP contribution in [0, 0.1) is 0 Å². The molecule has 0 fully saturated rings. The van der Waals surface area contributed by atoms with E-state index < -0.39 is 9.84 Å². The molecule has 1 N–H and O–H groups in total. The SMILES string of the molecule is CCNC(CCS(C)(=O)=O)Cc1cccc(OC)c1. The molecule has 0 aliphatic heterocycles. The minimum Gasteiger partial charge on any atom is -0.497 e. The molecule has 0 spiro atoms. The minimum absolute atomic E-state index is 0.173. The Morgan fingerprint density at radius 1 is 1.37 bits per heavy atom. The van der Waals surface area contributed by atoms with E-state index in [0.29, 0.717) is 6.42 Å². The highest BCUT2D eigenvalue weighted by Gasteiger charge is 2.12. The second-order valence-electron chi connectivity index (χ2n) is 4.73. The van der Waals surface area contributed by atoms with Crippen LogP contribution >= 0.6 is 0 Å². The fraction of sp³-hybridized carbons (Fsp3) is 0.571. The van der Waals surface area contributed by atoms with E-state index in [4.69, 9.17) is 4.74 Å². The zero-order chi connectivity index (χ0) is 14.3. The van der Waals surface area contributed by atoms with Gasteiger partial charge in [0.25, 0.3) is 0 Å². The van der Waals surface area contributed by atoms with Gasteiger partial charge in [-0.15, -0.1) is 0 Å². The Hall–Kier alpha value is -1.07. The lowest BCUT2D eigenvalue weighted by atomic mass is 10.0. The van der Waals surface area contributed by atoms with Crippen molar-refractivity contribution in [2.75, 3.05) is 25.7 Å². The molecule has 1 rings (SSSR count). The van der Waals surface area contributed by atoms with Crippen molar-refractivity contribution in [3.8, 4) is 5.75 Å². The zero-order valence-electron chi connectivity index (χ0n) is 11.8. The minimum atomic E-state index is -2.91. The number of sulfone groups is 1. The highest BCUT2D eigenvalue weighted by Crippen LogP contribution is 2.15. The molecule has 0 aromatic heterocycles. The summed E-state index contributed by atoms with van der Waals surface area (Å²) in [5, 5.41) is 3.34. The molecule has 1 aromatic carbocycles. The summed E-state index contributed by atoms with van der Waals surface area (Å²) in [6, 6.07) is 8.06. The third-order valence-corrected chi connectivity index (χ3v) is 3.92. The lowest BCUT2D eigenvalue weighted by Gasteiger charge is -2.17. The highest BCUT2D eigenvalue weighted by atomic mass is 32.2. The second kappa shape index (κ2) is 7.50. The van der Waals surface area contributed by atoms with E-state index in [9.17, 15) is 8.42 Å². The summed E-state index contributed by atoms with van der Waals surface area (Å²) in [6.07, 6.45) is 2.71. The predicted octanol–water partition coefficient (Wildman–Crippen LogP) is 1.65. The molecule has 1 atom stereocenters. The van der Waals surface area contributed by atoms with E-state index in [1.165, 1.54) is 6.26 Å². The Labute approximate surface area is 116 Å². The first-order chi connectivity index (χ1) is 8.94. The van der Waals surface area contributed by atoms with Crippen molar-refractivity contribution in [1.29, 1.82) is 0 Å². The van der Waals surface area contributed by atoms with Crippen LogP contribution in [-0.4, -0.2) is 40.1 Å². The van der Waals surface area contributed by atoms with Crippen molar-refractivity contribution in [2.24, 2.45) is 0 Å². The van der Waals surface area contributed by atoms with Crippen molar-refractivity contribution in [1.82, 2.24) is 5.32 Å². The van der Waals surface area contributed by atoms with Crippen molar-refractivity contribution in [3.05, 3.63) is 29.8 Å². The first-order valence-corrected chi connectivity index (χ1v) is 8.54. The smallest absolute Gasteiger partial charge is 0.147 e. The Morgan fingerprint density at radius 2 is 2.11 bits per heavy atom. The number of likely N-dealkylation sites (N-methyl/N-ethyl adjacent to an activating group) is 1. The maximum absolute atomic E-state index is 11.2. The van der Waals surface area contributed by atoms with E-state index in [2.05, 4.69) is 5.32 Å². The van der Waals surface area contributed by atoms with Crippen LogP contribution in [0.5, 0.6) is 5.75 Å². The third kappa shape index (κ3) is 6.59. The molecule has 0 saturated carbocycles. The molecule has 0 aliphatic carbocycles. The van der Waals surface area contributed by atoms with Gasteiger partial charge in [-0.1, -0.05) is 19.1 Å². The molecule has 4 nitrogen and oxygen atoms in total. The number of rotatable bonds is 8.